The lowest BCUT2D eigenvalue weighted by Crippen LogP contribution is -2.32. The van der Waals surface area contributed by atoms with Crippen LogP contribution in [0, 0.1) is 12.3 Å². The van der Waals surface area contributed by atoms with Crippen LogP contribution >= 0.6 is 0 Å². The fourth-order valence-corrected chi connectivity index (χ4v) is 1.25. The molecule has 0 aromatic heterocycles. The maximum atomic E-state index is 11.6. The summed E-state index contributed by atoms with van der Waals surface area (Å²) in [6.45, 7) is 0.0656. The molecule has 0 aliphatic rings. The Bertz CT molecular complexity index is 420. The molecule has 0 radical (unpaired) electrons. The van der Waals surface area contributed by atoms with Gasteiger partial charge in [-0.05, 0) is 12.1 Å². The number of carbonyl (C=O) groups excluding carboxylic acids is 1. The van der Waals surface area contributed by atoms with Crippen molar-refractivity contribution in [1.29, 1.82) is 0 Å². The van der Waals surface area contributed by atoms with E-state index in [4.69, 9.17) is 11.5 Å². The van der Waals surface area contributed by atoms with Crippen LogP contribution in [0.5, 0.6) is 0 Å². The minimum atomic E-state index is -1.16. The molecule has 82 valence electrons. The Morgan fingerprint density at radius 1 is 1.31 bits per heavy atom. The molecule has 0 saturated carbocycles. The number of hydrogen-bond donors (Lipinski definition) is 1. The molecule has 1 aromatic rings. The number of terminal acetylenes is 1. The first-order valence-corrected chi connectivity index (χ1v) is 4.66. The Morgan fingerprint density at radius 3 is 2.44 bits per heavy atom. The highest BCUT2D eigenvalue weighted by Gasteiger charge is 2.17. The highest BCUT2D eigenvalue weighted by Crippen LogP contribution is 2.13. The molecule has 0 aliphatic carbocycles. The second-order valence-corrected chi connectivity index (χ2v) is 3.09. The first-order chi connectivity index (χ1) is 7.65. The summed E-state index contributed by atoms with van der Waals surface area (Å²) in [6, 6.07) is 8.73. The minimum Gasteiger partial charge on any atom is -0.481 e. The molecule has 0 atom stereocenters. The van der Waals surface area contributed by atoms with Gasteiger partial charge in [0, 0.05) is 5.69 Å². The van der Waals surface area contributed by atoms with E-state index in [9.17, 15) is 9.59 Å². The number of aliphatic carboxylic acids is 1. The molecule has 16 heavy (non-hydrogen) atoms. The first-order valence-electron chi connectivity index (χ1n) is 4.66. The van der Waals surface area contributed by atoms with Gasteiger partial charge in [-0.1, -0.05) is 24.1 Å². The van der Waals surface area contributed by atoms with Crippen LogP contribution in [-0.4, -0.2) is 23.5 Å². The maximum absolute atomic E-state index is 11.6. The Morgan fingerprint density at radius 2 is 1.94 bits per heavy atom. The minimum absolute atomic E-state index is 0.0656. The maximum Gasteiger partial charge on any atom is 0.312 e. The van der Waals surface area contributed by atoms with Crippen molar-refractivity contribution in [2.75, 3.05) is 11.4 Å². The van der Waals surface area contributed by atoms with Crippen molar-refractivity contribution in [3.05, 3.63) is 30.3 Å². The van der Waals surface area contributed by atoms with Gasteiger partial charge in [-0.3, -0.25) is 9.59 Å². The number of rotatable bonds is 4. The van der Waals surface area contributed by atoms with Gasteiger partial charge >= 0.3 is 5.97 Å². The molecule has 1 amide bonds. The zero-order valence-electron chi connectivity index (χ0n) is 8.59. The summed E-state index contributed by atoms with van der Waals surface area (Å²) in [5.41, 5.74) is 0.603. The van der Waals surface area contributed by atoms with Crippen molar-refractivity contribution < 1.29 is 14.7 Å². The summed E-state index contributed by atoms with van der Waals surface area (Å²) in [7, 11) is 0. The van der Waals surface area contributed by atoms with Gasteiger partial charge in [0.15, 0.2) is 0 Å². The molecule has 0 bridgehead atoms. The standard InChI is InChI=1S/C12H11NO3/c1-2-8-13(11(14)9-12(15)16)10-6-4-3-5-7-10/h1,3-7H,8-9H2,(H,15,16). The van der Waals surface area contributed by atoms with Crippen molar-refractivity contribution >= 4 is 17.6 Å². The summed E-state index contributed by atoms with van der Waals surface area (Å²) in [5.74, 6) is 0.652. The summed E-state index contributed by atoms with van der Waals surface area (Å²) < 4.78 is 0. The van der Waals surface area contributed by atoms with Crippen LogP contribution in [0.25, 0.3) is 0 Å². The Labute approximate surface area is 93.5 Å². The fraction of sp³-hybridized carbons (Fsp3) is 0.167. The molecule has 0 unspecified atom stereocenters. The van der Waals surface area contributed by atoms with E-state index in [1.165, 1.54) is 4.90 Å². The van der Waals surface area contributed by atoms with E-state index in [0.717, 1.165) is 0 Å². The normalized spacial score (nSPS) is 9.19. The lowest BCUT2D eigenvalue weighted by atomic mass is 10.2. The Kier molecular flexibility index (Phi) is 4.10. The molecule has 1 aromatic carbocycles. The van der Waals surface area contributed by atoms with Gasteiger partial charge in [0.2, 0.25) is 5.91 Å². The first kappa shape index (κ1) is 11.8. The quantitative estimate of drug-likeness (QED) is 0.607. The van der Waals surface area contributed by atoms with Crippen molar-refractivity contribution in [2.24, 2.45) is 0 Å². The smallest absolute Gasteiger partial charge is 0.312 e. The second-order valence-electron chi connectivity index (χ2n) is 3.09. The van der Waals surface area contributed by atoms with Gasteiger partial charge < -0.3 is 10.0 Å². The molecule has 4 nitrogen and oxygen atoms in total. The summed E-state index contributed by atoms with van der Waals surface area (Å²) >= 11 is 0. The van der Waals surface area contributed by atoms with E-state index in [0.29, 0.717) is 5.69 Å². The summed E-state index contributed by atoms with van der Waals surface area (Å²) in [4.78, 5) is 23.3. The van der Waals surface area contributed by atoms with Gasteiger partial charge in [-0.15, -0.1) is 6.42 Å². The van der Waals surface area contributed by atoms with Crippen molar-refractivity contribution in [1.82, 2.24) is 0 Å². The van der Waals surface area contributed by atoms with Crippen LogP contribution < -0.4 is 4.90 Å². The molecule has 0 spiro atoms. The molecule has 0 aliphatic heterocycles. The number of para-hydroxylation sites is 1. The lowest BCUT2D eigenvalue weighted by Gasteiger charge is -2.19. The van der Waals surface area contributed by atoms with E-state index in [-0.39, 0.29) is 6.54 Å². The number of carboxylic acids is 1. The SMILES string of the molecule is C#CCN(C(=O)CC(=O)O)c1ccccc1. The average molecular weight is 217 g/mol. The van der Waals surface area contributed by atoms with E-state index in [1.54, 1.807) is 30.3 Å². The summed E-state index contributed by atoms with van der Waals surface area (Å²) in [5, 5.41) is 8.55. The second kappa shape index (κ2) is 5.56. The van der Waals surface area contributed by atoms with Crippen molar-refractivity contribution in [3.8, 4) is 12.3 Å². The highest BCUT2D eigenvalue weighted by molar-refractivity contribution is 6.03. The number of nitrogens with zero attached hydrogens (tertiary/aromatic N) is 1. The van der Waals surface area contributed by atoms with Crippen LogP contribution in [0.15, 0.2) is 30.3 Å². The number of benzene rings is 1. The van der Waals surface area contributed by atoms with Crippen LogP contribution in [-0.2, 0) is 9.59 Å². The van der Waals surface area contributed by atoms with Crippen molar-refractivity contribution in [2.45, 2.75) is 6.42 Å². The Hall–Kier alpha value is -2.28. The van der Waals surface area contributed by atoms with E-state index in [2.05, 4.69) is 5.92 Å². The molecular weight excluding hydrogens is 206 g/mol. The van der Waals surface area contributed by atoms with E-state index in [1.807, 2.05) is 0 Å². The average Bonchev–Trinajstić information content (AvgIpc) is 2.26. The molecule has 4 heteroatoms. The number of anilines is 1. The molecule has 1 N–H and O–H groups in total. The monoisotopic (exact) mass is 217 g/mol. The molecule has 0 fully saturated rings. The topological polar surface area (TPSA) is 57.6 Å². The number of carbonyl (C=O) groups is 2. The molecular formula is C12H11NO3. The van der Waals surface area contributed by atoms with Gasteiger partial charge in [0.1, 0.15) is 6.42 Å². The van der Waals surface area contributed by atoms with Crippen molar-refractivity contribution in [3.63, 3.8) is 0 Å². The van der Waals surface area contributed by atoms with Crippen LogP contribution in [0.2, 0.25) is 0 Å². The van der Waals surface area contributed by atoms with Gasteiger partial charge in [-0.25, -0.2) is 0 Å². The predicted molar refractivity (Wildman–Crippen MR) is 59.9 cm³/mol. The molecule has 0 heterocycles. The fourth-order valence-electron chi connectivity index (χ4n) is 1.25. The largest absolute Gasteiger partial charge is 0.481 e. The number of hydrogen-bond acceptors (Lipinski definition) is 2. The zero-order valence-corrected chi connectivity index (χ0v) is 8.59. The third kappa shape index (κ3) is 3.14. The lowest BCUT2D eigenvalue weighted by molar-refractivity contribution is -0.140. The van der Waals surface area contributed by atoms with Crippen LogP contribution in [0.4, 0.5) is 5.69 Å². The van der Waals surface area contributed by atoms with Crippen LogP contribution in [0.1, 0.15) is 6.42 Å². The third-order valence-corrected chi connectivity index (χ3v) is 1.92. The van der Waals surface area contributed by atoms with Gasteiger partial charge in [0.25, 0.3) is 0 Å². The Balaban J connectivity index is 2.88. The molecule has 1 rings (SSSR count). The van der Waals surface area contributed by atoms with Gasteiger partial charge in [0.05, 0.1) is 6.54 Å². The van der Waals surface area contributed by atoms with E-state index >= 15 is 0 Å². The number of amides is 1. The van der Waals surface area contributed by atoms with Crippen LogP contribution in [0.3, 0.4) is 0 Å². The van der Waals surface area contributed by atoms with E-state index < -0.39 is 18.3 Å². The predicted octanol–water partition coefficient (Wildman–Crippen LogP) is 1.13. The zero-order chi connectivity index (χ0) is 12.0. The highest BCUT2D eigenvalue weighted by atomic mass is 16.4. The molecule has 0 saturated heterocycles. The third-order valence-electron chi connectivity index (χ3n) is 1.92. The van der Waals surface area contributed by atoms with Gasteiger partial charge in [-0.2, -0.15) is 0 Å². The number of carboxylic acid groups (broad SMARTS) is 1. The summed E-state index contributed by atoms with van der Waals surface area (Å²) in [6.07, 6.45) is 4.59.